The molecule has 0 radical (unpaired) electrons. The van der Waals surface area contributed by atoms with Crippen LogP contribution >= 0.6 is 22.6 Å². The van der Waals surface area contributed by atoms with Gasteiger partial charge < -0.3 is 14.9 Å². The maximum atomic E-state index is 12.0. The predicted octanol–water partition coefficient (Wildman–Crippen LogP) is -1.46. The Morgan fingerprint density at radius 3 is 2.71 bits per heavy atom. The SMILES string of the molecule is CS(=O)(=O)O[C@@H]1[C@@H](O)[C@H](n2cc(/C=C/I)c(=O)[nH]c2=O)O[C@@H]1CO. The zero-order valence-electron chi connectivity index (χ0n) is 12.3. The van der Waals surface area contributed by atoms with Gasteiger partial charge in [-0.3, -0.25) is 18.5 Å². The van der Waals surface area contributed by atoms with E-state index < -0.39 is 52.5 Å². The molecule has 1 aliphatic heterocycles. The van der Waals surface area contributed by atoms with E-state index in [1.54, 1.807) is 4.08 Å². The fourth-order valence-corrected chi connectivity index (χ4v) is 3.32. The number of H-pyrrole nitrogens is 1. The molecule has 2 rings (SSSR count). The molecule has 1 aromatic heterocycles. The van der Waals surface area contributed by atoms with Gasteiger partial charge in [0.25, 0.3) is 15.7 Å². The molecule has 0 bridgehead atoms. The molecule has 4 atom stereocenters. The van der Waals surface area contributed by atoms with Gasteiger partial charge in [0.15, 0.2) is 6.23 Å². The van der Waals surface area contributed by atoms with Crippen molar-refractivity contribution >= 4 is 38.8 Å². The van der Waals surface area contributed by atoms with Crippen LogP contribution < -0.4 is 11.2 Å². The monoisotopic (exact) mass is 474 g/mol. The van der Waals surface area contributed by atoms with E-state index in [-0.39, 0.29) is 5.56 Å². The molecule has 24 heavy (non-hydrogen) atoms. The second kappa shape index (κ2) is 7.45. The summed E-state index contributed by atoms with van der Waals surface area (Å²) in [5, 5.41) is 19.6. The van der Waals surface area contributed by atoms with Crippen LogP contribution in [0.4, 0.5) is 0 Å². The summed E-state index contributed by atoms with van der Waals surface area (Å²) in [4.78, 5) is 25.7. The molecule has 3 N–H and O–H groups in total. The molecule has 1 fully saturated rings. The Morgan fingerprint density at radius 2 is 2.17 bits per heavy atom. The van der Waals surface area contributed by atoms with Gasteiger partial charge >= 0.3 is 5.69 Å². The highest BCUT2D eigenvalue weighted by Crippen LogP contribution is 2.31. The van der Waals surface area contributed by atoms with E-state index in [0.717, 1.165) is 10.8 Å². The van der Waals surface area contributed by atoms with Gasteiger partial charge in [0, 0.05) is 6.20 Å². The number of aromatic nitrogens is 2. The molecule has 134 valence electrons. The van der Waals surface area contributed by atoms with Crippen LogP contribution in [0.2, 0.25) is 0 Å². The van der Waals surface area contributed by atoms with Crippen LogP contribution in [0.1, 0.15) is 11.8 Å². The van der Waals surface area contributed by atoms with Gasteiger partial charge in [-0.2, -0.15) is 8.42 Å². The van der Waals surface area contributed by atoms with Crippen LogP contribution in [0.15, 0.2) is 19.9 Å². The lowest BCUT2D eigenvalue weighted by Crippen LogP contribution is -2.40. The molecular formula is C12H15IN2O8S. The molecule has 1 aliphatic rings. The van der Waals surface area contributed by atoms with E-state index in [2.05, 4.69) is 4.98 Å². The molecule has 2 heterocycles. The number of hydrogen-bond donors (Lipinski definition) is 3. The molecule has 0 unspecified atom stereocenters. The maximum Gasteiger partial charge on any atom is 0.330 e. The van der Waals surface area contributed by atoms with Crippen molar-refractivity contribution in [3.05, 3.63) is 36.7 Å². The molecular weight excluding hydrogens is 459 g/mol. The summed E-state index contributed by atoms with van der Waals surface area (Å²) in [6.45, 7) is -0.633. The van der Waals surface area contributed by atoms with Crippen LogP contribution in [0.5, 0.6) is 0 Å². The first kappa shape index (κ1) is 19.3. The van der Waals surface area contributed by atoms with Gasteiger partial charge in [-0.15, -0.1) is 0 Å². The molecule has 0 amide bonds. The number of ether oxygens (including phenoxy) is 1. The largest absolute Gasteiger partial charge is 0.394 e. The molecule has 0 saturated carbocycles. The van der Waals surface area contributed by atoms with Crippen molar-refractivity contribution in [1.82, 2.24) is 9.55 Å². The number of nitrogens with zero attached hydrogens (tertiary/aromatic N) is 1. The van der Waals surface area contributed by atoms with Crippen molar-refractivity contribution < 1.29 is 27.6 Å². The van der Waals surface area contributed by atoms with Crippen LogP contribution in [0.3, 0.4) is 0 Å². The zero-order valence-corrected chi connectivity index (χ0v) is 15.3. The number of aromatic amines is 1. The van der Waals surface area contributed by atoms with Gasteiger partial charge in [0.2, 0.25) is 0 Å². The minimum atomic E-state index is -3.93. The molecule has 1 aromatic rings. The van der Waals surface area contributed by atoms with E-state index in [0.29, 0.717) is 0 Å². The smallest absolute Gasteiger partial charge is 0.330 e. The molecule has 1 saturated heterocycles. The first-order valence-corrected chi connectivity index (χ1v) is 9.69. The summed E-state index contributed by atoms with van der Waals surface area (Å²) in [6, 6.07) is 0. The number of nitrogens with one attached hydrogen (secondary N) is 1. The number of halogens is 1. The standard InChI is InChI=1S/C12H15IN2O8S/c1-24(20,21)23-9-7(5-16)22-11(8(9)17)15-4-6(2-3-13)10(18)14-12(15)19/h2-4,7-9,11,16-17H,5H2,1H3,(H,14,18,19)/b3-2+/t7-,8-,9+,11-/m1/s1. The van der Waals surface area contributed by atoms with Crippen molar-refractivity contribution in [2.75, 3.05) is 12.9 Å². The van der Waals surface area contributed by atoms with Crippen molar-refractivity contribution in [3.63, 3.8) is 0 Å². The number of aliphatic hydroxyl groups excluding tert-OH is 2. The molecule has 0 aliphatic carbocycles. The molecule has 0 spiro atoms. The highest BCUT2D eigenvalue weighted by atomic mass is 127. The highest BCUT2D eigenvalue weighted by molar-refractivity contribution is 14.1. The van der Waals surface area contributed by atoms with Crippen molar-refractivity contribution in [2.24, 2.45) is 0 Å². The number of hydrogen-bond acceptors (Lipinski definition) is 8. The van der Waals surface area contributed by atoms with Crippen molar-refractivity contribution in [2.45, 2.75) is 24.5 Å². The summed E-state index contributed by atoms with van der Waals surface area (Å²) in [6.07, 6.45) is -2.06. The predicted molar refractivity (Wildman–Crippen MR) is 91.1 cm³/mol. The van der Waals surface area contributed by atoms with Crippen molar-refractivity contribution in [3.8, 4) is 0 Å². The van der Waals surface area contributed by atoms with E-state index in [9.17, 15) is 28.2 Å². The third-order valence-electron chi connectivity index (χ3n) is 3.29. The van der Waals surface area contributed by atoms with E-state index in [1.807, 2.05) is 22.6 Å². The van der Waals surface area contributed by atoms with Gasteiger partial charge in [0.1, 0.15) is 18.3 Å². The summed E-state index contributed by atoms with van der Waals surface area (Å²) >= 11 is 1.89. The maximum absolute atomic E-state index is 12.0. The lowest BCUT2D eigenvalue weighted by Gasteiger charge is -2.19. The van der Waals surface area contributed by atoms with E-state index in [4.69, 9.17) is 8.92 Å². The Balaban J connectivity index is 2.44. The van der Waals surface area contributed by atoms with Gasteiger partial charge in [0.05, 0.1) is 18.4 Å². The highest BCUT2D eigenvalue weighted by Gasteiger charge is 2.47. The fourth-order valence-electron chi connectivity index (χ4n) is 2.29. The van der Waals surface area contributed by atoms with Gasteiger partial charge in [-0.1, -0.05) is 22.6 Å². The Labute approximate surface area is 150 Å². The van der Waals surface area contributed by atoms with Gasteiger partial charge in [-0.25, -0.2) is 4.79 Å². The van der Waals surface area contributed by atoms with Crippen LogP contribution in [0.25, 0.3) is 6.08 Å². The Kier molecular flexibility index (Phi) is 5.98. The second-order valence-electron chi connectivity index (χ2n) is 5.05. The number of rotatable bonds is 5. The lowest BCUT2D eigenvalue weighted by atomic mass is 10.1. The van der Waals surface area contributed by atoms with Crippen LogP contribution in [-0.4, -0.2) is 59.4 Å². The van der Waals surface area contributed by atoms with Crippen molar-refractivity contribution in [1.29, 1.82) is 0 Å². The minimum Gasteiger partial charge on any atom is -0.394 e. The second-order valence-corrected chi connectivity index (χ2v) is 7.37. The average molecular weight is 474 g/mol. The molecule has 10 nitrogen and oxygen atoms in total. The fraction of sp³-hybridized carbons (Fsp3) is 0.500. The minimum absolute atomic E-state index is 0.132. The quantitative estimate of drug-likeness (QED) is 0.347. The average Bonchev–Trinajstić information content (AvgIpc) is 2.77. The third kappa shape index (κ3) is 4.12. The number of aliphatic hydroxyl groups is 2. The summed E-state index contributed by atoms with van der Waals surface area (Å²) in [5.41, 5.74) is -1.35. The third-order valence-corrected chi connectivity index (χ3v) is 4.22. The summed E-state index contributed by atoms with van der Waals surface area (Å²) in [7, 11) is -3.93. The summed E-state index contributed by atoms with van der Waals surface area (Å²) < 4.78 is 35.1. The zero-order chi connectivity index (χ0) is 18.1. The lowest BCUT2D eigenvalue weighted by molar-refractivity contribution is -0.0543. The van der Waals surface area contributed by atoms with E-state index in [1.165, 1.54) is 12.3 Å². The Morgan fingerprint density at radius 1 is 1.50 bits per heavy atom. The molecule has 0 aromatic carbocycles. The Bertz CT molecular complexity index is 845. The van der Waals surface area contributed by atoms with Crippen LogP contribution in [0, 0.1) is 0 Å². The normalized spacial score (nSPS) is 27.8. The first-order valence-electron chi connectivity index (χ1n) is 6.63. The first-order chi connectivity index (χ1) is 11.2. The van der Waals surface area contributed by atoms with Gasteiger partial charge in [-0.05, 0) is 10.2 Å². The van der Waals surface area contributed by atoms with Crippen LogP contribution in [-0.2, 0) is 19.0 Å². The Hall–Kier alpha value is -1.06. The topological polar surface area (TPSA) is 148 Å². The molecule has 12 heteroatoms. The van der Waals surface area contributed by atoms with E-state index >= 15 is 0 Å². The summed E-state index contributed by atoms with van der Waals surface area (Å²) in [5.74, 6) is 0.